The molecule has 1 saturated heterocycles. The number of amides is 2. The van der Waals surface area contributed by atoms with Crippen LogP contribution in [0.15, 0.2) is 29.6 Å². The first kappa shape index (κ1) is 20.9. The first-order valence-corrected chi connectivity index (χ1v) is 9.49. The third-order valence-electron chi connectivity index (χ3n) is 3.96. The largest absolute Gasteiger partial charge is 0.416 e. The summed E-state index contributed by atoms with van der Waals surface area (Å²) in [5, 5.41) is 4.84. The van der Waals surface area contributed by atoms with Crippen LogP contribution >= 0.6 is 11.3 Å². The molecule has 3 N–H and O–H groups in total. The number of alkyl halides is 3. The fourth-order valence-electron chi connectivity index (χ4n) is 2.49. The van der Waals surface area contributed by atoms with E-state index in [1.54, 1.807) is 5.38 Å². The van der Waals surface area contributed by atoms with E-state index in [1.165, 1.54) is 23.5 Å². The predicted octanol–water partition coefficient (Wildman–Crippen LogP) is 1.87. The van der Waals surface area contributed by atoms with Gasteiger partial charge in [-0.2, -0.15) is 13.2 Å². The molecule has 1 fully saturated rings. The van der Waals surface area contributed by atoms with Crippen LogP contribution in [-0.2, 0) is 15.7 Å². The number of rotatable bonds is 5. The van der Waals surface area contributed by atoms with Gasteiger partial charge >= 0.3 is 6.18 Å². The quantitative estimate of drug-likeness (QED) is 0.629. The van der Waals surface area contributed by atoms with Gasteiger partial charge in [0, 0.05) is 24.2 Å². The number of hydrazine groups is 1. The van der Waals surface area contributed by atoms with Gasteiger partial charge < -0.3 is 15.0 Å². The Kier molecular flexibility index (Phi) is 6.54. The number of anilines is 2. The topological polar surface area (TPSA) is 95.6 Å². The van der Waals surface area contributed by atoms with Crippen molar-refractivity contribution in [2.24, 2.45) is 0 Å². The van der Waals surface area contributed by atoms with E-state index < -0.39 is 23.6 Å². The lowest BCUT2D eigenvalue weighted by molar-refractivity contribution is -0.137. The van der Waals surface area contributed by atoms with Crippen molar-refractivity contribution < 1.29 is 27.5 Å². The Balaban J connectivity index is 1.46. The van der Waals surface area contributed by atoms with Crippen LogP contribution in [0.5, 0.6) is 0 Å². The SMILES string of the molecule is O=C(CNc1cccc(C(F)(F)F)c1)NNC(=O)c1csc(N2CCOCC2)n1. The smallest absolute Gasteiger partial charge is 0.378 e. The minimum Gasteiger partial charge on any atom is -0.378 e. The number of carbonyl (C=O) groups excluding carboxylic acids is 2. The molecular formula is C17H18F3N5O3S. The molecule has 0 aliphatic carbocycles. The monoisotopic (exact) mass is 429 g/mol. The van der Waals surface area contributed by atoms with Crippen LogP contribution < -0.4 is 21.1 Å². The van der Waals surface area contributed by atoms with E-state index in [0.717, 1.165) is 12.1 Å². The van der Waals surface area contributed by atoms with Crippen LogP contribution in [0.3, 0.4) is 0 Å². The summed E-state index contributed by atoms with van der Waals surface area (Å²) in [5.41, 5.74) is 3.89. The van der Waals surface area contributed by atoms with E-state index in [0.29, 0.717) is 31.4 Å². The zero-order valence-corrected chi connectivity index (χ0v) is 15.9. The maximum Gasteiger partial charge on any atom is 0.416 e. The number of hydrogen-bond donors (Lipinski definition) is 3. The van der Waals surface area contributed by atoms with Gasteiger partial charge in [0.05, 0.1) is 25.3 Å². The number of nitrogens with zero attached hydrogens (tertiary/aromatic N) is 2. The van der Waals surface area contributed by atoms with Gasteiger partial charge in [-0.25, -0.2) is 4.98 Å². The van der Waals surface area contributed by atoms with Crippen molar-refractivity contribution in [1.29, 1.82) is 0 Å². The Morgan fingerprint density at radius 2 is 1.97 bits per heavy atom. The number of nitrogens with one attached hydrogen (secondary N) is 3. The minimum absolute atomic E-state index is 0.135. The highest BCUT2D eigenvalue weighted by atomic mass is 32.1. The van der Waals surface area contributed by atoms with Crippen LogP contribution in [0.1, 0.15) is 16.1 Å². The number of ether oxygens (including phenoxy) is 1. The van der Waals surface area contributed by atoms with Gasteiger partial charge in [0.15, 0.2) is 5.13 Å². The van der Waals surface area contributed by atoms with E-state index in [1.807, 2.05) is 4.90 Å². The van der Waals surface area contributed by atoms with E-state index in [-0.39, 0.29) is 17.9 Å². The highest BCUT2D eigenvalue weighted by Crippen LogP contribution is 2.30. The number of hydrogen-bond acceptors (Lipinski definition) is 7. The molecule has 1 aliphatic heterocycles. The van der Waals surface area contributed by atoms with Crippen molar-refractivity contribution in [1.82, 2.24) is 15.8 Å². The predicted molar refractivity (Wildman–Crippen MR) is 101 cm³/mol. The first-order chi connectivity index (χ1) is 13.8. The third-order valence-corrected chi connectivity index (χ3v) is 4.87. The lowest BCUT2D eigenvalue weighted by Gasteiger charge is -2.25. The Labute approximate surface area is 168 Å². The molecule has 8 nitrogen and oxygen atoms in total. The zero-order chi connectivity index (χ0) is 20.9. The van der Waals surface area contributed by atoms with E-state index in [9.17, 15) is 22.8 Å². The normalized spacial score (nSPS) is 14.4. The van der Waals surface area contributed by atoms with Crippen molar-refractivity contribution in [2.45, 2.75) is 6.18 Å². The zero-order valence-electron chi connectivity index (χ0n) is 15.1. The molecule has 2 amide bonds. The Morgan fingerprint density at radius 3 is 2.69 bits per heavy atom. The molecule has 1 aromatic carbocycles. The molecule has 0 spiro atoms. The molecule has 0 bridgehead atoms. The molecule has 12 heteroatoms. The van der Waals surface area contributed by atoms with Crippen LogP contribution in [0, 0.1) is 0 Å². The minimum atomic E-state index is -4.47. The van der Waals surface area contributed by atoms with Gasteiger partial charge in [-0.1, -0.05) is 6.07 Å². The second-order valence-electron chi connectivity index (χ2n) is 6.05. The summed E-state index contributed by atoms with van der Waals surface area (Å²) in [6.07, 6.45) is -4.47. The molecule has 1 aliphatic rings. The molecular weight excluding hydrogens is 411 g/mol. The highest BCUT2D eigenvalue weighted by Gasteiger charge is 2.30. The van der Waals surface area contributed by atoms with Gasteiger partial charge in [0.25, 0.3) is 11.8 Å². The molecule has 29 heavy (non-hydrogen) atoms. The maximum absolute atomic E-state index is 12.7. The number of thiazole rings is 1. The van der Waals surface area contributed by atoms with Crippen molar-refractivity contribution in [3.05, 3.63) is 40.9 Å². The molecule has 0 atom stereocenters. The lowest BCUT2D eigenvalue weighted by Crippen LogP contribution is -2.44. The summed E-state index contributed by atoms with van der Waals surface area (Å²) in [5.74, 6) is -1.22. The first-order valence-electron chi connectivity index (χ1n) is 8.61. The molecule has 0 unspecified atom stereocenters. The van der Waals surface area contributed by atoms with Gasteiger partial charge in [0.1, 0.15) is 5.69 Å². The maximum atomic E-state index is 12.7. The van der Waals surface area contributed by atoms with Crippen LogP contribution in [0.4, 0.5) is 24.0 Å². The third kappa shape index (κ3) is 5.81. The molecule has 2 aromatic rings. The second kappa shape index (κ2) is 9.09. The van der Waals surface area contributed by atoms with Crippen molar-refractivity contribution in [3.63, 3.8) is 0 Å². The lowest BCUT2D eigenvalue weighted by atomic mass is 10.2. The van der Waals surface area contributed by atoms with Gasteiger partial charge in [0.2, 0.25) is 0 Å². The van der Waals surface area contributed by atoms with Crippen molar-refractivity contribution in [3.8, 4) is 0 Å². The number of carbonyl (C=O) groups is 2. The summed E-state index contributed by atoms with van der Waals surface area (Å²) in [6.45, 7) is 2.24. The average Bonchev–Trinajstić information content (AvgIpc) is 3.21. The fraction of sp³-hybridized carbons (Fsp3) is 0.353. The molecule has 2 heterocycles. The number of benzene rings is 1. The Morgan fingerprint density at radius 1 is 1.21 bits per heavy atom. The summed E-state index contributed by atoms with van der Waals surface area (Å²) in [7, 11) is 0. The summed E-state index contributed by atoms with van der Waals surface area (Å²) < 4.78 is 43.3. The van der Waals surface area contributed by atoms with E-state index in [2.05, 4.69) is 21.2 Å². The highest BCUT2D eigenvalue weighted by molar-refractivity contribution is 7.13. The average molecular weight is 429 g/mol. The molecule has 156 valence electrons. The molecule has 0 saturated carbocycles. The molecule has 1 aromatic heterocycles. The standard InChI is InChI=1S/C17H18F3N5O3S/c18-17(19,20)11-2-1-3-12(8-11)21-9-14(26)23-24-15(27)13-10-29-16(22-13)25-4-6-28-7-5-25/h1-3,8,10,21H,4-7,9H2,(H,23,26)(H,24,27). The van der Waals surface area contributed by atoms with Crippen molar-refractivity contribution >= 4 is 34.0 Å². The number of morpholine rings is 1. The molecule has 0 radical (unpaired) electrons. The Bertz CT molecular complexity index is 868. The second-order valence-corrected chi connectivity index (χ2v) is 6.89. The van der Waals surface area contributed by atoms with Crippen LogP contribution in [0.25, 0.3) is 0 Å². The fourth-order valence-corrected chi connectivity index (χ4v) is 3.35. The summed E-state index contributed by atoms with van der Waals surface area (Å²) >= 11 is 1.31. The van der Waals surface area contributed by atoms with Gasteiger partial charge in [-0.3, -0.25) is 20.4 Å². The molecule has 3 rings (SSSR count). The van der Waals surface area contributed by atoms with Crippen LogP contribution in [-0.4, -0.2) is 49.6 Å². The van der Waals surface area contributed by atoms with E-state index >= 15 is 0 Å². The van der Waals surface area contributed by atoms with Crippen LogP contribution in [0.2, 0.25) is 0 Å². The number of aromatic nitrogens is 1. The van der Waals surface area contributed by atoms with Gasteiger partial charge in [-0.15, -0.1) is 11.3 Å². The Hall–Kier alpha value is -2.86. The summed E-state index contributed by atoms with van der Waals surface area (Å²) in [4.78, 5) is 30.2. The number of halogens is 3. The summed E-state index contributed by atoms with van der Waals surface area (Å²) in [6, 6.07) is 4.47. The van der Waals surface area contributed by atoms with E-state index in [4.69, 9.17) is 4.74 Å². The van der Waals surface area contributed by atoms with Crippen molar-refractivity contribution in [2.75, 3.05) is 43.1 Å². The van der Waals surface area contributed by atoms with Gasteiger partial charge in [-0.05, 0) is 18.2 Å².